The van der Waals surface area contributed by atoms with Crippen LogP contribution in [0.3, 0.4) is 0 Å². The molecule has 0 N–H and O–H groups in total. The van der Waals surface area contributed by atoms with Gasteiger partial charge in [-0.25, -0.2) is 0 Å². The van der Waals surface area contributed by atoms with Gasteiger partial charge in [0.05, 0.1) is 0 Å². The first-order chi connectivity index (χ1) is 4.52. The zero-order valence-corrected chi connectivity index (χ0v) is 7.61. The van der Waals surface area contributed by atoms with Crippen LogP contribution in [0.4, 0.5) is 0 Å². The van der Waals surface area contributed by atoms with E-state index in [2.05, 4.69) is 12.6 Å². The van der Waals surface area contributed by atoms with Crippen LogP contribution in [0.2, 0.25) is 0 Å². The van der Waals surface area contributed by atoms with E-state index in [9.17, 15) is 4.79 Å². The van der Waals surface area contributed by atoms with Crippen molar-refractivity contribution in [2.75, 3.05) is 0 Å². The second-order valence-corrected chi connectivity index (χ2v) is 3.56. The summed E-state index contributed by atoms with van der Waals surface area (Å²) in [6.07, 6.45) is 2.20. The number of hydrogen-bond donors (Lipinski definition) is 1. The summed E-state index contributed by atoms with van der Waals surface area (Å²) in [5.74, 6) is 0.610. The summed E-state index contributed by atoms with van der Waals surface area (Å²) in [6, 6.07) is 0. The first-order valence-electron chi connectivity index (χ1n) is 3.42. The maximum Gasteiger partial charge on any atom is 0.156 e. The lowest BCUT2D eigenvalue weighted by atomic mass is 10.1. The standard InChI is InChI=1S/C8H14OS/c1-6(2)4-8(9)5-7(3)10/h5-6,10H,4H2,1-3H3/b7-5-. The molecule has 0 saturated carbocycles. The van der Waals surface area contributed by atoms with E-state index in [1.807, 2.05) is 13.8 Å². The average Bonchev–Trinajstić information content (AvgIpc) is 1.58. The molecule has 0 amide bonds. The Bertz CT molecular complexity index is 143. The smallest absolute Gasteiger partial charge is 0.156 e. The van der Waals surface area contributed by atoms with Crippen molar-refractivity contribution in [1.82, 2.24) is 0 Å². The lowest BCUT2D eigenvalue weighted by molar-refractivity contribution is -0.115. The van der Waals surface area contributed by atoms with Crippen molar-refractivity contribution < 1.29 is 4.79 Å². The lowest BCUT2D eigenvalue weighted by Gasteiger charge is -1.98. The van der Waals surface area contributed by atoms with Crippen molar-refractivity contribution >= 4 is 18.4 Å². The number of hydrogen-bond acceptors (Lipinski definition) is 2. The molecule has 0 bridgehead atoms. The Morgan fingerprint density at radius 1 is 1.60 bits per heavy atom. The van der Waals surface area contributed by atoms with E-state index < -0.39 is 0 Å². The topological polar surface area (TPSA) is 17.1 Å². The molecule has 0 aliphatic carbocycles. The van der Waals surface area contributed by atoms with E-state index in [4.69, 9.17) is 0 Å². The predicted octanol–water partition coefficient (Wildman–Crippen LogP) is 2.44. The van der Waals surface area contributed by atoms with Gasteiger partial charge in [-0.15, -0.1) is 12.6 Å². The minimum Gasteiger partial charge on any atom is -0.295 e. The maximum atomic E-state index is 10.9. The average molecular weight is 158 g/mol. The zero-order valence-electron chi connectivity index (χ0n) is 6.72. The lowest BCUT2D eigenvalue weighted by Crippen LogP contribution is -1.98. The Kier molecular flexibility index (Phi) is 4.45. The van der Waals surface area contributed by atoms with Crippen molar-refractivity contribution in [3.05, 3.63) is 11.0 Å². The zero-order chi connectivity index (χ0) is 8.15. The summed E-state index contributed by atoms with van der Waals surface area (Å²) in [5, 5.41) is 0. The summed E-state index contributed by atoms with van der Waals surface area (Å²) < 4.78 is 0. The van der Waals surface area contributed by atoms with Gasteiger partial charge < -0.3 is 0 Å². The van der Waals surface area contributed by atoms with Crippen molar-refractivity contribution in [3.8, 4) is 0 Å². The summed E-state index contributed by atoms with van der Waals surface area (Å²) in [7, 11) is 0. The van der Waals surface area contributed by atoms with Crippen molar-refractivity contribution in [3.63, 3.8) is 0 Å². The highest BCUT2D eigenvalue weighted by Crippen LogP contribution is 2.04. The largest absolute Gasteiger partial charge is 0.295 e. The summed E-state index contributed by atoms with van der Waals surface area (Å²) >= 11 is 4.00. The van der Waals surface area contributed by atoms with E-state index in [1.165, 1.54) is 0 Å². The Labute approximate surface area is 67.9 Å². The number of thiol groups is 1. The highest BCUT2D eigenvalue weighted by atomic mass is 32.1. The van der Waals surface area contributed by atoms with E-state index in [1.54, 1.807) is 13.0 Å². The van der Waals surface area contributed by atoms with E-state index in [-0.39, 0.29) is 5.78 Å². The van der Waals surface area contributed by atoms with Gasteiger partial charge in [-0.05, 0) is 23.8 Å². The number of ketones is 1. The molecule has 10 heavy (non-hydrogen) atoms. The second kappa shape index (κ2) is 4.56. The molecule has 1 nitrogen and oxygen atoms in total. The predicted molar refractivity (Wildman–Crippen MR) is 47.2 cm³/mol. The second-order valence-electron chi connectivity index (χ2n) is 2.85. The van der Waals surface area contributed by atoms with Crippen molar-refractivity contribution in [1.29, 1.82) is 0 Å². The molecule has 0 aromatic carbocycles. The third kappa shape index (κ3) is 5.89. The van der Waals surface area contributed by atoms with Crippen LogP contribution in [0.15, 0.2) is 11.0 Å². The van der Waals surface area contributed by atoms with Gasteiger partial charge in [0.1, 0.15) is 0 Å². The third-order valence-corrected chi connectivity index (χ3v) is 1.11. The Morgan fingerprint density at radius 3 is 2.40 bits per heavy atom. The molecule has 2 heteroatoms. The fourth-order valence-corrected chi connectivity index (χ4v) is 0.838. The molecule has 0 unspecified atom stereocenters. The van der Waals surface area contributed by atoms with Gasteiger partial charge in [0.2, 0.25) is 0 Å². The Hall–Kier alpha value is -0.240. The van der Waals surface area contributed by atoms with E-state index in [0.29, 0.717) is 12.3 Å². The fraction of sp³-hybridized carbons (Fsp3) is 0.625. The minimum atomic E-state index is 0.169. The van der Waals surface area contributed by atoms with E-state index >= 15 is 0 Å². The third-order valence-electron chi connectivity index (χ3n) is 0.979. The van der Waals surface area contributed by atoms with Gasteiger partial charge in [0.15, 0.2) is 5.78 Å². The van der Waals surface area contributed by atoms with Crippen LogP contribution in [-0.4, -0.2) is 5.78 Å². The van der Waals surface area contributed by atoms with Crippen LogP contribution >= 0.6 is 12.6 Å². The van der Waals surface area contributed by atoms with Gasteiger partial charge >= 0.3 is 0 Å². The monoisotopic (exact) mass is 158 g/mol. The molecule has 0 aromatic rings. The summed E-state index contributed by atoms with van der Waals surface area (Å²) in [4.78, 5) is 11.7. The molecule has 0 fully saturated rings. The Balaban J connectivity index is 3.76. The molecular formula is C8H14OS. The molecule has 58 valence electrons. The number of rotatable bonds is 3. The molecule has 0 aliphatic heterocycles. The van der Waals surface area contributed by atoms with Gasteiger partial charge in [-0.1, -0.05) is 13.8 Å². The molecule has 0 aromatic heterocycles. The quantitative estimate of drug-likeness (QED) is 0.493. The van der Waals surface area contributed by atoms with Crippen molar-refractivity contribution in [2.45, 2.75) is 27.2 Å². The molecule has 0 radical (unpaired) electrons. The Morgan fingerprint density at radius 2 is 2.10 bits per heavy atom. The highest BCUT2D eigenvalue weighted by Gasteiger charge is 2.00. The maximum absolute atomic E-state index is 10.9. The summed E-state index contributed by atoms with van der Waals surface area (Å²) in [6.45, 7) is 5.86. The number of carbonyl (C=O) groups is 1. The molecule has 0 spiro atoms. The minimum absolute atomic E-state index is 0.169. The molecule has 0 aliphatic rings. The van der Waals surface area contributed by atoms with Crippen LogP contribution in [0, 0.1) is 5.92 Å². The normalized spacial score (nSPS) is 12.3. The van der Waals surface area contributed by atoms with Crippen LogP contribution in [-0.2, 0) is 4.79 Å². The molecule has 0 rings (SSSR count). The van der Waals surface area contributed by atoms with Crippen LogP contribution in [0.5, 0.6) is 0 Å². The molecule has 0 heterocycles. The number of carbonyl (C=O) groups excluding carboxylic acids is 1. The first kappa shape index (κ1) is 9.76. The molecular weight excluding hydrogens is 144 g/mol. The summed E-state index contributed by atoms with van der Waals surface area (Å²) in [5.41, 5.74) is 0. The van der Waals surface area contributed by atoms with Crippen LogP contribution in [0.25, 0.3) is 0 Å². The SMILES string of the molecule is C/C(S)=C/C(=O)CC(C)C. The van der Waals surface area contributed by atoms with Crippen molar-refractivity contribution in [2.24, 2.45) is 5.92 Å². The van der Waals surface area contributed by atoms with Gasteiger partial charge in [-0.2, -0.15) is 0 Å². The first-order valence-corrected chi connectivity index (χ1v) is 3.87. The van der Waals surface area contributed by atoms with E-state index in [0.717, 1.165) is 4.91 Å². The molecule has 0 atom stereocenters. The van der Waals surface area contributed by atoms with Crippen LogP contribution < -0.4 is 0 Å². The van der Waals surface area contributed by atoms with Gasteiger partial charge in [-0.3, -0.25) is 4.79 Å². The number of allylic oxidation sites excluding steroid dienone is 2. The fourth-order valence-electron chi connectivity index (χ4n) is 0.694. The highest BCUT2D eigenvalue weighted by molar-refractivity contribution is 7.84. The molecule has 0 saturated heterocycles. The van der Waals surface area contributed by atoms with Crippen LogP contribution in [0.1, 0.15) is 27.2 Å². The van der Waals surface area contributed by atoms with Gasteiger partial charge in [0.25, 0.3) is 0 Å². The van der Waals surface area contributed by atoms with Gasteiger partial charge in [0, 0.05) is 6.42 Å².